The van der Waals surface area contributed by atoms with Crippen molar-refractivity contribution in [3.05, 3.63) is 23.8 Å². The van der Waals surface area contributed by atoms with Gasteiger partial charge in [-0.1, -0.05) is 19.6 Å². The van der Waals surface area contributed by atoms with Crippen LogP contribution in [0.1, 0.15) is 20.3 Å². The lowest BCUT2D eigenvalue weighted by atomic mass is 10.1. The van der Waals surface area contributed by atoms with Gasteiger partial charge in [0.15, 0.2) is 0 Å². The number of hydrogen-bond acceptors (Lipinski definition) is 2. The minimum absolute atomic E-state index is 0.0468. The van der Waals surface area contributed by atoms with Crippen LogP contribution < -0.4 is 5.32 Å². The zero-order valence-corrected chi connectivity index (χ0v) is 9.13. The fraction of sp³-hybridized carbons (Fsp3) is 0.455. The van der Waals surface area contributed by atoms with Gasteiger partial charge in [-0.15, -0.1) is 0 Å². The minimum Gasteiger partial charge on any atom is -0.352 e. The highest BCUT2D eigenvalue weighted by molar-refractivity contribution is 5.80. The van der Waals surface area contributed by atoms with Crippen LogP contribution in [-0.2, 0) is 4.79 Å². The van der Waals surface area contributed by atoms with Crippen LogP contribution in [0.3, 0.4) is 0 Å². The number of amides is 1. The molecule has 14 heavy (non-hydrogen) atoms. The largest absolute Gasteiger partial charge is 0.352 e. The van der Waals surface area contributed by atoms with E-state index in [0.29, 0.717) is 13.0 Å². The summed E-state index contributed by atoms with van der Waals surface area (Å²) in [5, 5.41) is 2.79. The van der Waals surface area contributed by atoms with E-state index in [1.165, 1.54) is 0 Å². The van der Waals surface area contributed by atoms with E-state index in [2.05, 4.69) is 16.9 Å². The van der Waals surface area contributed by atoms with Gasteiger partial charge in [-0.05, 0) is 18.1 Å². The van der Waals surface area contributed by atoms with Gasteiger partial charge in [0.2, 0.25) is 5.91 Å². The van der Waals surface area contributed by atoms with Crippen LogP contribution in [-0.4, -0.2) is 25.7 Å². The number of nitrogens with one attached hydrogen (secondary N) is 1. The van der Waals surface area contributed by atoms with Crippen LogP contribution in [0.5, 0.6) is 0 Å². The van der Waals surface area contributed by atoms with E-state index >= 15 is 0 Å². The smallest absolute Gasteiger partial charge is 0.219 e. The maximum Gasteiger partial charge on any atom is 0.219 e. The molecule has 0 aromatic rings. The number of nitrogens with zero attached hydrogens (tertiary/aromatic N) is 1. The first-order valence-corrected chi connectivity index (χ1v) is 4.66. The van der Waals surface area contributed by atoms with Gasteiger partial charge in [0.25, 0.3) is 0 Å². The van der Waals surface area contributed by atoms with Crippen molar-refractivity contribution in [2.75, 3.05) is 13.6 Å². The third kappa shape index (κ3) is 4.60. The Balaban J connectivity index is 4.36. The molecule has 0 fully saturated rings. The van der Waals surface area contributed by atoms with Crippen molar-refractivity contribution in [1.82, 2.24) is 5.32 Å². The zero-order chi connectivity index (χ0) is 11.0. The van der Waals surface area contributed by atoms with E-state index < -0.39 is 0 Å². The van der Waals surface area contributed by atoms with Crippen molar-refractivity contribution in [2.24, 2.45) is 4.99 Å². The Morgan fingerprint density at radius 3 is 2.64 bits per heavy atom. The SMILES string of the molecule is C=C/C(CNC(=O)CC)=C(/C)C=NC. The maximum atomic E-state index is 11.0. The Kier molecular flexibility index (Phi) is 6.37. The van der Waals surface area contributed by atoms with E-state index in [1.54, 1.807) is 19.3 Å². The summed E-state index contributed by atoms with van der Waals surface area (Å²) in [6.45, 7) is 7.99. The van der Waals surface area contributed by atoms with E-state index in [4.69, 9.17) is 0 Å². The van der Waals surface area contributed by atoms with E-state index in [-0.39, 0.29) is 5.91 Å². The summed E-state index contributed by atoms with van der Waals surface area (Å²) in [5.74, 6) is 0.0468. The maximum absolute atomic E-state index is 11.0. The predicted octanol–water partition coefficient (Wildman–Crippen LogP) is 1.72. The second kappa shape index (κ2) is 7.06. The molecule has 0 atom stereocenters. The fourth-order valence-electron chi connectivity index (χ4n) is 0.968. The van der Waals surface area contributed by atoms with Gasteiger partial charge < -0.3 is 5.32 Å². The molecule has 1 N–H and O–H groups in total. The Labute approximate surface area is 85.6 Å². The molecule has 0 aliphatic carbocycles. The molecular formula is C11H18N2O. The van der Waals surface area contributed by atoms with Crippen LogP contribution in [0.15, 0.2) is 28.8 Å². The molecular weight excluding hydrogens is 176 g/mol. The molecule has 0 spiro atoms. The molecule has 0 heterocycles. The summed E-state index contributed by atoms with van der Waals surface area (Å²) in [6, 6.07) is 0. The highest BCUT2D eigenvalue weighted by atomic mass is 16.1. The van der Waals surface area contributed by atoms with Crippen LogP contribution in [0.25, 0.3) is 0 Å². The summed E-state index contributed by atoms with van der Waals surface area (Å²) in [7, 11) is 1.72. The number of allylic oxidation sites excluding steroid dienone is 1. The number of rotatable bonds is 5. The lowest BCUT2D eigenvalue weighted by Crippen LogP contribution is -2.24. The predicted molar refractivity (Wildman–Crippen MR) is 60.6 cm³/mol. The Morgan fingerprint density at radius 1 is 1.57 bits per heavy atom. The second-order valence-electron chi connectivity index (χ2n) is 2.93. The number of carbonyl (C=O) groups excluding carboxylic acids is 1. The van der Waals surface area contributed by atoms with E-state index in [1.807, 2.05) is 13.8 Å². The monoisotopic (exact) mass is 194 g/mol. The summed E-state index contributed by atoms with van der Waals surface area (Å²) in [5.41, 5.74) is 2.02. The first kappa shape index (κ1) is 12.6. The average Bonchev–Trinajstić information content (AvgIpc) is 2.18. The molecule has 0 bridgehead atoms. The van der Waals surface area contributed by atoms with Gasteiger partial charge in [-0.3, -0.25) is 9.79 Å². The Hall–Kier alpha value is -1.38. The number of carbonyl (C=O) groups is 1. The van der Waals surface area contributed by atoms with E-state index in [9.17, 15) is 4.79 Å². The van der Waals surface area contributed by atoms with Gasteiger partial charge in [-0.25, -0.2) is 0 Å². The van der Waals surface area contributed by atoms with Crippen molar-refractivity contribution in [2.45, 2.75) is 20.3 Å². The highest BCUT2D eigenvalue weighted by Gasteiger charge is 1.99. The molecule has 0 unspecified atom stereocenters. The molecule has 0 radical (unpaired) electrons. The molecule has 0 aromatic carbocycles. The average molecular weight is 194 g/mol. The molecule has 0 saturated carbocycles. The zero-order valence-electron chi connectivity index (χ0n) is 9.13. The topological polar surface area (TPSA) is 41.5 Å². The second-order valence-corrected chi connectivity index (χ2v) is 2.93. The van der Waals surface area contributed by atoms with E-state index in [0.717, 1.165) is 11.1 Å². The van der Waals surface area contributed by atoms with Crippen molar-refractivity contribution >= 4 is 12.1 Å². The fourth-order valence-corrected chi connectivity index (χ4v) is 0.968. The van der Waals surface area contributed by atoms with Crippen LogP contribution >= 0.6 is 0 Å². The van der Waals surface area contributed by atoms with Gasteiger partial charge in [-0.2, -0.15) is 0 Å². The third-order valence-corrected chi connectivity index (χ3v) is 1.87. The lowest BCUT2D eigenvalue weighted by Gasteiger charge is -2.06. The van der Waals surface area contributed by atoms with Gasteiger partial charge in [0.1, 0.15) is 0 Å². The van der Waals surface area contributed by atoms with Crippen molar-refractivity contribution in [3.8, 4) is 0 Å². The Bertz CT molecular complexity index is 264. The molecule has 0 rings (SSSR count). The summed E-state index contributed by atoms with van der Waals surface area (Å²) in [6.07, 6.45) is 4.01. The molecule has 78 valence electrons. The van der Waals surface area contributed by atoms with Gasteiger partial charge in [0.05, 0.1) is 0 Å². The minimum atomic E-state index is 0.0468. The summed E-state index contributed by atoms with van der Waals surface area (Å²) >= 11 is 0. The van der Waals surface area contributed by atoms with Crippen LogP contribution in [0, 0.1) is 0 Å². The normalized spacial score (nSPS) is 12.5. The molecule has 0 aromatic heterocycles. The number of hydrogen-bond donors (Lipinski definition) is 1. The van der Waals surface area contributed by atoms with Crippen LogP contribution in [0.4, 0.5) is 0 Å². The quantitative estimate of drug-likeness (QED) is 0.525. The lowest BCUT2D eigenvalue weighted by molar-refractivity contribution is -0.120. The summed E-state index contributed by atoms with van der Waals surface area (Å²) in [4.78, 5) is 14.9. The Morgan fingerprint density at radius 2 is 2.21 bits per heavy atom. The van der Waals surface area contributed by atoms with Crippen LogP contribution in [0.2, 0.25) is 0 Å². The standard InChI is InChI=1S/C11H18N2O/c1-5-10(9(3)7-12-4)8-13-11(14)6-2/h5,7H,1,6,8H2,2-4H3,(H,13,14)/b10-9+,12-7?. The highest BCUT2D eigenvalue weighted by Crippen LogP contribution is 2.01. The number of aliphatic imine (C=N–C) groups is 1. The third-order valence-electron chi connectivity index (χ3n) is 1.87. The molecule has 3 heteroatoms. The summed E-state index contributed by atoms with van der Waals surface area (Å²) < 4.78 is 0. The molecule has 0 aliphatic heterocycles. The van der Waals surface area contributed by atoms with Gasteiger partial charge in [0, 0.05) is 26.2 Å². The first-order chi connectivity index (χ1) is 6.65. The molecule has 3 nitrogen and oxygen atoms in total. The van der Waals surface area contributed by atoms with Crippen molar-refractivity contribution in [3.63, 3.8) is 0 Å². The first-order valence-electron chi connectivity index (χ1n) is 4.66. The molecule has 1 amide bonds. The van der Waals surface area contributed by atoms with Crippen molar-refractivity contribution in [1.29, 1.82) is 0 Å². The molecule has 0 saturated heterocycles. The van der Waals surface area contributed by atoms with Gasteiger partial charge >= 0.3 is 0 Å². The molecule has 0 aliphatic rings. The van der Waals surface area contributed by atoms with Crippen molar-refractivity contribution < 1.29 is 4.79 Å².